The van der Waals surface area contributed by atoms with E-state index in [0.717, 1.165) is 25.9 Å². The van der Waals surface area contributed by atoms with Gasteiger partial charge in [-0.15, -0.1) is 6.58 Å². The minimum Gasteiger partial charge on any atom is -0.353 e. The number of hydrogen-bond donors (Lipinski definition) is 0. The van der Waals surface area contributed by atoms with Crippen LogP contribution in [0, 0.1) is 5.92 Å². The van der Waals surface area contributed by atoms with E-state index in [0.29, 0.717) is 25.6 Å². The number of likely N-dealkylation sites (tertiary alicyclic amines) is 1. The van der Waals surface area contributed by atoms with Gasteiger partial charge in [-0.1, -0.05) is 6.08 Å². The number of amides is 1. The molecule has 0 saturated carbocycles. The molecule has 1 aliphatic heterocycles. The largest absolute Gasteiger partial charge is 0.353 e. The highest BCUT2D eigenvalue weighted by Gasteiger charge is 2.27. The molecule has 1 saturated heterocycles. The Balaban J connectivity index is 2.23. The predicted octanol–water partition coefficient (Wildman–Crippen LogP) is 2.20. The van der Waals surface area contributed by atoms with Gasteiger partial charge in [0, 0.05) is 45.1 Å². The van der Waals surface area contributed by atoms with Crippen LogP contribution in [0.15, 0.2) is 12.7 Å². The van der Waals surface area contributed by atoms with Gasteiger partial charge in [-0.3, -0.25) is 4.79 Å². The molecule has 1 unspecified atom stereocenters. The summed E-state index contributed by atoms with van der Waals surface area (Å²) < 4.78 is 10.9. The van der Waals surface area contributed by atoms with Gasteiger partial charge in [-0.05, 0) is 20.3 Å². The third-order valence-electron chi connectivity index (χ3n) is 3.15. The molecule has 0 aromatic rings. The third-order valence-corrected chi connectivity index (χ3v) is 3.15. The van der Waals surface area contributed by atoms with Crippen molar-refractivity contribution in [1.82, 2.24) is 4.90 Å². The van der Waals surface area contributed by atoms with Gasteiger partial charge in [-0.2, -0.15) is 0 Å². The molecular weight excluding hydrogens is 230 g/mol. The van der Waals surface area contributed by atoms with Crippen molar-refractivity contribution in [3.63, 3.8) is 0 Å². The zero-order chi connectivity index (χ0) is 13.4. The van der Waals surface area contributed by atoms with Crippen LogP contribution >= 0.6 is 0 Å². The lowest BCUT2D eigenvalue weighted by Gasteiger charge is -2.20. The zero-order valence-electron chi connectivity index (χ0n) is 11.6. The molecule has 0 aromatic carbocycles. The molecule has 1 aliphatic rings. The number of carbonyl (C=O) groups is 1. The molecule has 0 radical (unpaired) electrons. The lowest BCUT2D eigenvalue weighted by atomic mass is 10.1. The van der Waals surface area contributed by atoms with Crippen LogP contribution in [-0.4, -0.2) is 43.4 Å². The molecule has 1 fully saturated rings. The molecule has 1 rings (SSSR count). The van der Waals surface area contributed by atoms with Crippen molar-refractivity contribution in [3.05, 3.63) is 12.7 Å². The van der Waals surface area contributed by atoms with Crippen molar-refractivity contribution in [3.8, 4) is 0 Å². The van der Waals surface area contributed by atoms with Crippen molar-refractivity contribution in [1.29, 1.82) is 0 Å². The minimum absolute atomic E-state index is 0.132. The first-order valence-electron chi connectivity index (χ1n) is 6.84. The Labute approximate surface area is 110 Å². The molecule has 0 N–H and O–H groups in total. The second kappa shape index (κ2) is 8.27. The SMILES string of the molecule is C=CC1CC(=O)N(CCCC(OCC)OCC)C1. The topological polar surface area (TPSA) is 38.8 Å². The normalized spacial score (nSPS) is 19.8. The summed E-state index contributed by atoms with van der Waals surface area (Å²) in [7, 11) is 0. The monoisotopic (exact) mass is 255 g/mol. The van der Waals surface area contributed by atoms with Crippen LogP contribution in [0.1, 0.15) is 33.1 Å². The van der Waals surface area contributed by atoms with E-state index in [4.69, 9.17) is 9.47 Å². The molecule has 18 heavy (non-hydrogen) atoms. The van der Waals surface area contributed by atoms with Crippen LogP contribution < -0.4 is 0 Å². The number of carbonyl (C=O) groups excluding carboxylic acids is 1. The Kier molecular flexibility index (Phi) is 6.98. The molecule has 1 atom stereocenters. The van der Waals surface area contributed by atoms with Crippen molar-refractivity contribution in [2.45, 2.75) is 39.4 Å². The first-order valence-corrected chi connectivity index (χ1v) is 6.84. The van der Waals surface area contributed by atoms with E-state index in [1.165, 1.54) is 0 Å². The Hall–Kier alpha value is -0.870. The summed E-state index contributed by atoms with van der Waals surface area (Å²) in [6.07, 6.45) is 4.11. The van der Waals surface area contributed by atoms with Gasteiger partial charge < -0.3 is 14.4 Å². The van der Waals surface area contributed by atoms with Crippen LogP contribution in [0.3, 0.4) is 0 Å². The molecular formula is C14H25NO3. The number of nitrogens with zero attached hydrogens (tertiary/aromatic N) is 1. The van der Waals surface area contributed by atoms with Gasteiger partial charge >= 0.3 is 0 Å². The number of hydrogen-bond acceptors (Lipinski definition) is 3. The van der Waals surface area contributed by atoms with Crippen LogP contribution in [0.25, 0.3) is 0 Å². The van der Waals surface area contributed by atoms with Crippen LogP contribution in [0.5, 0.6) is 0 Å². The number of rotatable bonds is 9. The van der Waals surface area contributed by atoms with E-state index in [2.05, 4.69) is 6.58 Å². The summed E-state index contributed by atoms with van der Waals surface area (Å²) in [5.41, 5.74) is 0. The van der Waals surface area contributed by atoms with E-state index in [9.17, 15) is 4.79 Å². The molecule has 0 bridgehead atoms. The molecule has 4 heteroatoms. The van der Waals surface area contributed by atoms with Crippen molar-refractivity contribution in [2.24, 2.45) is 5.92 Å². The quantitative estimate of drug-likeness (QED) is 0.468. The molecule has 0 aliphatic carbocycles. The Morgan fingerprint density at radius 2 is 2.11 bits per heavy atom. The molecule has 0 spiro atoms. The fourth-order valence-corrected chi connectivity index (χ4v) is 2.21. The summed E-state index contributed by atoms with van der Waals surface area (Å²) in [5, 5.41) is 0. The van der Waals surface area contributed by atoms with E-state index in [1.807, 2.05) is 24.8 Å². The van der Waals surface area contributed by atoms with Gasteiger partial charge in [0.2, 0.25) is 5.91 Å². The fourth-order valence-electron chi connectivity index (χ4n) is 2.21. The summed E-state index contributed by atoms with van der Waals surface area (Å²) in [5.74, 6) is 0.566. The lowest BCUT2D eigenvalue weighted by molar-refractivity contribution is -0.141. The Bertz CT molecular complexity index is 262. The summed E-state index contributed by atoms with van der Waals surface area (Å²) in [4.78, 5) is 13.6. The summed E-state index contributed by atoms with van der Waals surface area (Å²) in [6, 6.07) is 0. The molecule has 0 aromatic heterocycles. The maximum atomic E-state index is 11.7. The van der Waals surface area contributed by atoms with E-state index < -0.39 is 0 Å². The van der Waals surface area contributed by atoms with Gasteiger partial charge in [0.1, 0.15) is 0 Å². The van der Waals surface area contributed by atoms with Gasteiger partial charge in [0.05, 0.1) is 0 Å². The van der Waals surface area contributed by atoms with Crippen LogP contribution in [-0.2, 0) is 14.3 Å². The van der Waals surface area contributed by atoms with E-state index >= 15 is 0 Å². The maximum Gasteiger partial charge on any atom is 0.223 e. The van der Waals surface area contributed by atoms with Crippen LogP contribution in [0.2, 0.25) is 0 Å². The second-order valence-electron chi connectivity index (χ2n) is 4.52. The lowest BCUT2D eigenvalue weighted by Crippen LogP contribution is -2.27. The van der Waals surface area contributed by atoms with E-state index in [-0.39, 0.29) is 12.2 Å². The Morgan fingerprint density at radius 1 is 1.44 bits per heavy atom. The highest BCUT2D eigenvalue weighted by atomic mass is 16.7. The van der Waals surface area contributed by atoms with Crippen molar-refractivity contribution < 1.29 is 14.3 Å². The average molecular weight is 255 g/mol. The molecule has 1 amide bonds. The zero-order valence-corrected chi connectivity index (χ0v) is 11.6. The third kappa shape index (κ3) is 4.78. The maximum absolute atomic E-state index is 11.7. The highest BCUT2D eigenvalue weighted by molar-refractivity contribution is 5.78. The highest BCUT2D eigenvalue weighted by Crippen LogP contribution is 2.19. The molecule has 104 valence electrons. The molecule has 1 heterocycles. The standard InChI is InChI=1S/C14H25NO3/c1-4-12-10-13(16)15(11-12)9-7-8-14(17-5-2)18-6-3/h4,12,14H,1,5-11H2,2-3H3. The Morgan fingerprint density at radius 3 is 2.61 bits per heavy atom. The van der Waals surface area contributed by atoms with Crippen molar-refractivity contribution in [2.75, 3.05) is 26.3 Å². The van der Waals surface area contributed by atoms with E-state index in [1.54, 1.807) is 0 Å². The second-order valence-corrected chi connectivity index (χ2v) is 4.52. The van der Waals surface area contributed by atoms with Gasteiger partial charge in [0.15, 0.2) is 6.29 Å². The minimum atomic E-state index is -0.132. The van der Waals surface area contributed by atoms with Gasteiger partial charge in [0.25, 0.3) is 0 Å². The molecule has 4 nitrogen and oxygen atoms in total. The smallest absolute Gasteiger partial charge is 0.223 e. The summed E-state index contributed by atoms with van der Waals surface area (Å²) in [6.45, 7) is 10.6. The first kappa shape index (κ1) is 15.2. The van der Waals surface area contributed by atoms with Crippen molar-refractivity contribution >= 4 is 5.91 Å². The van der Waals surface area contributed by atoms with Crippen LogP contribution in [0.4, 0.5) is 0 Å². The predicted molar refractivity (Wildman–Crippen MR) is 71.2 cm³/mol. The fraction of sp³-hybridized carbons (Fsp3) is 0.786. The van der Waals surface area contributed by atoms with Gasteiger partial charge in [-0.25, -0.2) is 0 Å². The first-order chi connectivity index (χ1) is 8.71. The number of ether oxygens (including phenoxy) is 2. The summed E-state index contributed by atoms with van der Waals surface area (Å²) >= 11 is 0. The average Bonchev–Trinajstić information content (AvgIpc) is 2.71.